The molecule has 0 atom stereocenters. The molecular formula is C14H17N3. The molecular weight excluding hydrogens is 210 g/mol. The van der Waals surface area contributed by atoms with E-state index in [4.69, 9.17) is 5.73 Å². The van der Waals surface area contributed by atoms with E-state index in [1.165, 1.54) is 11.3 Å². The van der Waals surface area contributed by atoms with E-state index >= 15 is 0 Å². The van der Waals surface area contributed by atoms with Crippen molar-refractivity contribution < 1.29 is 0 Å². The molecule has 1 heterocycles. The standard InChI is InChI=1S/C14H17N3/c1-11-4-3-5-13(8-11)17(2)14-6-7-16-12(9-14)10-15/h3-9H,10,15H2,1-2H3. The first-order valence-electron chi connectivity index (χ1n) is 5.66. The highest BCUT2D eigenvalue weighted by Gasteiger charge is 2.04. The smallest absolute Gasteiger partial charge is 0.0560 e. The first-order chi connectivity index (χ1) is 8.20. The van der Waals surface area contributed by atoms with Crippen molar-refractivity contribution in [3.8, 4) is 0 Å². The van der Waals surface area contributed by atoms with Gasteiger partial charge in [0.25, 0.3) is 0 Å². The van der Waals surface area contributed by atoms with Gasteiger partial charge in [0, 0.05) is 31.2 Å². The van der Waals surface area contributed by atoms with Crippen molar-refractivity contribution in [2.75, 3.05) is 11.9 Å². The number of rotatable bonds is 3. The summed E-state index contributed by atoms with van der Waals surface area (Å²) in [6, 6.07) is 12.4. The molecule has 0 aliphatic rings. The third-order valence-electron chi connectivity index (χ3n) is 2.79. The molecule has 0 amide bonds. The molecule has 3 nitrogen and oxygen atoms in total. The number of nitrogens with zero attached hydrogens (tertiary/aromatic N) is 2. The van der Waals surface area contributed by atoms with Crippen molar-refractivity contribution >= 4 is 11.4 Å². The van der Waals surface area contributed by atoms with E-state index in [0.717, 1.165) is 11.4 Å². The van der Waals surface area contributed by atoms with Crippen LogP contribution >= 0.6 is 0 Å². The van der Waals surface area contributed by atoms with Gasteiger partial charge in [0.15, 0.2) is 0 Å². The summed E-state index contributed by atoms with van der Waals surface area (Å²) in [7, 11) is 2.05. The minimum atomic E-state index is 0.468. The number of anilines is 2. The fourth-order valence-corrected chi connectivity index (χ4v) is 1.77. The molecule has 0 aliphatic heterocycles. The Balaban J connectivity index is 2.33. The second kappa shape index (κ2) is 4.97. The predicted octanol–water partition coefficient (Wildman–Crippen LogP) is 2.62. The largest absolute Gasteiger partial charge is 0.345 e. The highest BCUT2D eigenvalue weighted by molar-refractivity contribution is 5.62. The van der Waals surface area contributed by atoms with E-state index in [0.29, 0.717) is 6.54 Å². The Morgan fingerprint density at radius 1 is 1.18 bits per heavy atom. The second-order valence-corrected chi connectivity index (χ2v) is 4.11. The summed E-state index contributed by atoms with van der Waals surface area (Å²) in [6.45, 7) is 2.56. The van der Waals surface area contributed by atoms with Gasteiger partial charge in [0.2, 0.25) is 0 Å². The number of aryl methyl sites for hydroxylation is 1. The quantitative estimate of drug-likeness (QED) is 0.876. The monoisotopic (exact) mass is 227 g/mol. The van der Waals surface area contributed by atoms with Gasteiger partial charge < -0.3 is 10.6 Å². The molecule has 3 heteroatoms. The van der Waals surface area contributed by atoms with Crippen LogP contribution in [-0.4, -0.2) is 12.0 Å². The molecule has 2 N–H and O–H groups in total. The van der Waals surface area contributed by atoms with Crippen LogP contribution in [-0.2, 0) is 6.54 Å². The van der Waals surface area contributed by atoms with E-state index in [1.54, 1.807) is 6.20 Å². The lowest BCUT2D eigenvalue weighted by molar-refractivity contribution is 0.985. The normalized spacial score (nSPS) is 10.3. The Kier molecular flexibility index (Phi) is 3.40. The molecule has 0 spiro atoms. The first-order valence-corrected chi connectivity index (χ1v) is 5.66. The fraction of sp³-hybridized carbons (Fsp3) is 0.214. The van der Waals surface area contributed by atoms with Gasteiger partial charge in [-0.15, -0.1) is 0 Å². The van der Waals surface area contributed by atoms with E-state index in [2.05, 4.69) is 41.1 Å². The van der Waals surface area contributed by atoms with Crippen molar-refractivity contribution in [1.82, 2.24) is 4.98 Å². The Labute approximate surface area is 102 Å². The molecule has 0 bridgehead atoms. The Morgan fingerprint density at radius 3 is 2.65 bits per heavy atom. The van der Waals surface area contributed by atoms with Crippen molar-refractivity contribution in [3.63, 3.8) is 0 Å². The van der Waals surface area contributed by atoms with Gasteiger partial charge in [0.05, 0.1) is 5.69 Å². The average Bonchev–Trinajstić information content (AvgIpc) is 2.38. The SMILES string of the molecule is Cc1cccc(N(C)c2ccnc(CN)c2)c1. The Bertz CT molecular complexity index is 508. The van der Waals surface area contributed by atoms with Crippen LogP contribution in [0, 0.1) is 6.92 Å². The third kappa shape index (κ3) is 2.63. The molecule has 1 aromatic carbocycles. The van der Waals surface area contributed by atoms with Crippen molar-refractivity contribution in [1.29, 1.82) is 0 Å². The maximum Gasteiger partial charge on any atom is 0.0560 e. The zero-order valence-electron chi connectivity index (χ0n) is 10.2. The highest BCUT2D eigenvalue weighted by Crippen LogP contribution is 2.24. The van der Waals surface area contributed by atoms with Crippen LogP contribution in [0.15, 0.2) is 42.6 Å². The Hall–Kier alpha value is -1.87. The fourth-order valence-electron chi connectivity index (χ4n) is 1.77. The lowest BCUT2D eigenvalue weighted by Gasteiger charge is -2.20. The van der Waals surface area contributed by atoms with Gasteiger partial charge >= 0.3 is 0 Å². The Morgan fingerprint density at radius 2 is 1.94 bits per heavy atom. The van der Waals surface area contributed by atoms with Gasteiger partial charge in [-0.25, -0.2) is 0 Å². The summed E-state index contributed by atoms with van der Waals surface area (Å²) in [5.74, 6) is 0. The number of hydrogen-bond acceptors (Lipinski definition) is 3. The van der Waals surface area contributed by atoms with Crippen LogP contribution in [0.4, 0.5) is 11.4 Å². The summed E-state index contributed by atoms with van der Waals surface area (Å²) < 4.78 is 0. The summed E-state index contributed by atoms with van der Waals surface area (Å²) in [5, 5.41) is 0. The molecule has 0 fully saturated rings. The summed E-state index contributed by atoms with van der Waals surface area (Å²) in [5.41, 5.74) is 10.0. The molecule has 1 aromatic heterocycles. The zero-order valence-corrected chi connectivity index (χ0v) is 10.2. The van der Waals surface area contributed by atoms with Gasteiger partial charge in [-0.05, 0) is 36.8 Å². The maximum absolute atomic E-state index is 5.60. The molecule has 0 aliphatic carbocycles. The summed E-state index contributed by atoms with van der Waals surface area (Å²) in [6.07, 6.45) is 1.80. The maximum atomic E-state index is 5.60. The van der Waals surface area contributed by atoms with Gasteiger partial charge in [-0.2, -0.15) is 0 Å². The molecule has 17 heavy (non-hydrogen) atoms. The molecule has 0 unspecified atom stereocenters. The van der Waals surface area contributed by atoms with Gasteiger partial charge in [-0.1, -0.05) is 12.1 Å². The summed E-state index contributed by atoms with van der Waals surface area (Å²) >= 11 is 0. The number of pyridine rings is 1. The first kappa shape index (κ1) is 11.6. The number of nitrogens with two attached hydrogens (primary N) is 1. The van der Waals surface area contributed by atoms with Crippen LogP contribution in [0.2, 0.25) is 0 Å². The predicted molar refractivity (Wildman–Crippen MR) is 71.4 cm³/mol. The van der Waals surface area contributed by atoms with E-state index < -0.39 is 0 Å². The second-order valence-electron chi connectivity index (χ2n) is 4.11. The lowest BCUT2D eigenvalue weighted by atomic mass is 10.2. The minimum absolute atomic E-state index is 0.468. The molecule has 0 saturated carbocycles. The number of aromatic nitrogens is 1. The van der Waals surface area contributed by atoms with E-state index in [9.17, 15) is 0 Å². The molecule has 2 rings (SSSR count). The van der Waals surface area contributed by atoms with E-state index in [1.807, 2.05) is 19.2 Å². The van der Waals surface area contributed by atoms with Crippen LogP contribution in [0.25, 0.3) is 0 Å². The van der Waals surface area contributed by atoms with Crippen LogP contribution in [0.3, 0.4) is 0 Å². The molecule has 2 aromatic rings. The van der Waals surface area contributed by atoms with Gasteiger partial charge in [0.1, 0.15) is 0 Å². The van der Waals surface area contributed by atoms with Crippen molar-refractivity contribution in [2.45, 2.75) is 13.5 Å². The molecule has 0 saturated heterocycles. The average molecular weight is 227 g/mol. The van der Waals surface area contributed by atoms with Crippen LogP contribution in [0.5, 0.6) is 0 Å². The van der Waals surface area contributed by atoms with E-state index in [-0.39, 0.29) is 0 Å². The van der Waals surface area contributed by atoms with Crippen molar-refractivity contribution in [2.24, 2.45) is 5.73 Å². The number of hydrogen-bond donors (Lipinski definition) is 1. The highest BCUT2D eigenvalue weighted by atomic mass is 15.1. The molecule has 0 radical (unpaired) electrons. The lowest BCUT2D eigenvalue weighted by Crippen LogP contribution is -2.10. The van der Waals surface area contributed by atoms with Gasteiger partial charge in [-0.3, -0.25) is 4.98 Å². The topological polar surface area (TPSA) is 42.2 Å². The third-order valence-corrected chi connectivity index (χ3v) is 2.79. The number of benzene rings is 1. The minimum Gasteiger partial charge on any atom is -0.345 e. The van der Waals surface area contributed by atoms with Crippen LogP contribution in [0.1, 0.15) is 11.3 Å². The van der Waals surface area contributed by atoms with Crippen molar-refractivity contribution in [3.05, 3.63) is 53.9 Å². The summed E-state index contributed by atoms with van der Waals surface area (Å²) in [4.78, 5) is 6.33. The zero-order chi connectivity index (χ0) is 12.3. The van der Waals surface area contributed by atoms with Crippen LogP contribution < -0.4 is 10.6 Å². The molecule has 88 valence electrons.